The SMILES string of the molecule is CCOC(=O)CN(CCC1=NN=C(N)C1=NNc1ccc(F)c(F)c1)C(=O)OCC. The molecule has 1 heterocycles. The first-order valence-electron chi connectivity index (χ1n) is 9.12. The first kappa shape index (κ1) is 22.7. The molecule has 2 rings (SSSR count). The topological polar surface area (TPSA) is 131 Å². The molecule has 3 N–H and O–H groups in total. The molecule has 1 aliphatic rings. The Bertz CT molecular complexity index is 887. The second-order valence-corrected chi connectivity index (χ2v) is 5.91. The molecule has 0 aliphatic carbocycles. The van der Waals surface area contributed by atoms with Crippen molar-refractivity contribution in [3.63, 3.8) is 0 Å². The highest BCUT2D eigenvalue weighted by atomic mass is 19.2. The molecule has 1 aromatic rings. The molecule has 0 bridgehead atoms. The van der Waals surface area contributed by atoms with E-state index >= 15 is 0 Å². The number of benzene rings is 1. The number of carbonyl (C=O) groups is 2. The summed E-state index contributed by atoms with van der Waals surface area (Å²) >= 11 is 0. The second-order valence-electron chi connectivity index (χ2n) is 5.91. The summed E-state index contributed by atoms with van der Waals surface area (Å²) in [6, 6.07) is 3.18. The summed E-state index contributed by atoms with van der Waals surface area (Å²) in [5.74, 6) is -2.60. The van der Waals surface area contributed by atoms with Crippen molar-refractivity contribution in [1.29, 1.82) is 0 Å². The van der Waals surface area contributed by atoms with E-state index in [1.807, 2.05) is 0 Å². The minimum absolute atomic E-state index is 0.00756. The van der Waals surface area contributed by atoms with Crippen LogP contribution in [0.25, 0.3) is 0 Å². The molecule has 0 fully saturated rings. The largest absolute Gasteiger partial charge is 0.465 e. The summed E-state index contributed by atoms with van der Waals surface area (Å²) < 4.78 is 36.2. The van der Waals surface area contributed by atoms with Crippen LogP contribution >= 0.6 is 0 Å². The minimum atomic E-state index is -1.04. The number of nitrogens with one attached hydrogen (secondary N) is 1. The van der Waals surface area contributed by atoms with E-state index < -0.39 is 23.7 Å². The van der Waals surface area contributed by atoms with Gasteiger partial charge in [-0.1, -0.05) is 0 Å². The van der Waals surface area contributed by atoms with E-state index in [4.69, 9.17) is 15.2 Å². The molecule has 1 aromatic carbocycles. The lowest BCUT2D eigenvalue weighted by atomic mass is 10.1. The van der Waals surface area contributed by atoms with Crippen LogP contribution in [0.3, 0.4) is 0 Å². The lowest BCUT2D eigenvalue weighted by Crippen LogP contribution is -2.39. The standard InChI is InChI=1S/C18H22F2N6O4/c1-3-29-15(27)10-26(18(28)30-4-2)8-7-14-16(17(21)25-23-14)24-22-11-5-6-12(19)13(20)9-11/h5-6,9,22H,3-4,7-8,10H2,1-2H3,(H2,21,24,25). The fourth-order valence-electron chi connectivity index (χ4n) is 2.39. The van der Waals surface area contributed by atoms with Gasteiger partial charge in [-0.3, -0.25) is 15.1 Å². The summed E-state index contributed by atoms with van der Waals surface area (Å²) in [5.41, 5.74) is 9.03. The second kappa shape index (κ2) is 10.8. The van der Waals surface area contributed by atoms with Gasteiger partial charge >= 0.3 is 12.1 Å². The molecule has 0 spiro atoms. The van der Waals surface area contributed by atoms with E-state index in [1.54, 1.807) is 13.8 Å². The number of amidine groups is 1. The number of hydrogen-bond donors (Lipinski definition) is 2. The summed E-state index contributed by atoms with van der Waals surface area (Å²) in [7, 11) is 0. The van der Waals surface area contributed by atoms with Gasteiger partial charge in [-0.05, 0) is 26.0 Å². The van der Waals surface area contributed by atoms with Crippen LogP contribution in [-0.2, 0) is 14.3 Å². The van der Waals surface area contributed by atoms with E-state index in [9.17, 15) is 18.4 Å². The van der Waals surface area contributed by atoms with Gasteiger partial charge in [0.05, 0.1) is 24.6 Å². The number of rotatable bonds is 9. The Morgan fingerprint density at radius 1 is 1.17 bits per heavy atom. The van der Waals surface area contributed by atoms with Crippen molar-refractivity contribution >= 4 is 35.0 Å². The van der Waals surface area contributed by atoms with Crippen molar-refractivity contribution < 1.29 is 27.8 Å². The molecule has 12 heteroatoms. The molecular formula is C18H22F2N6O4. The first-order chi connectivity index (χ1) is 14.3. The van der Waals surface area contributed by atoms with Crippen LogP contribution in [0.4, 0.5) is 19.3 Å². The van der Waals surface area contributed by atoms with Crippen LogP contribution in [0.1, 0.15) is 20.3 Å². The van der Waals surface area contributed by atoms with E-state index in [0.29, 0.717) is 5.71 Å². The molecule has 0 unspecified atom stereocenters. The van der Waals surface area contributed by atoms with Gasteiger partial charge in [0.1, 0.15) is 6.54 Å². The zero-order chi connectivity index (χ0) is 22.1. The van der Waals surface area contributed by atoms with Crippen molar-refractivity contribution in [3.05, 3.63) is 29.8 Å². The maximum absolute atomic E-state index is 13.3. The Labute approximate surface area is 171 Å². The van der Waals surface area contributed by atoms with Crippen LogP contribution in [0.15, 0.2) is 33.5 Å². The molecule has 162 valence electrons. The van der Waals surface area contributed by atoms with Crippen molar-refractivity contribution in [2.75, 3.05) is 31.7 Å². The van der Waals surface area contributed by atoms with E-state index in [0.717, 1.165) is 12.1 Å². The quantitative estimate of drug-likeness (QED) is 0.460. The Morgan fingerprint density at radius 3 is 2.57 bits per heavy atom. The normalized spacial score (nSPS) is 14.2. The molecule has 30 heavy (non-hydrogen) atoms. The zero-order valence-corrected chi connectivity index (χ0v) is 16.5. The molecule has 1 amide bonds. The van der Waals surface area contributed by atoms with Gasteiger partial charge in [0.15, 0.2) is 23.2 Å². The number of nitrogens with zero attached hydrogens (tertiary/aromatic N) is 4. The highest BCUT2D eigenvalue weighted by Gasteiger charge is 2.24. The third-order valence-electron chi connectivity index (χ3n) is 3.78. The number of nitrogens with two attached hydrogens (primary N) is 1. The number of hydrogen-bond acceptors (Lipinski definition) is 9. The van der Waals surface area contributed by atoms with Crippen LogP contribution in [0.5, 0.6) is 0 Å². The van der Waals surface area contributed by atoms with Gasteiger partial charge < -0.3 is 15.2 Å². The predicted molar refractivity (Wildman–Crippen MR) is 106 cm³/mol. The van der Waals surface area contributed by atoms with Gasteiger partial charge in [0.2, 0.25) is 0 Å². The molecule has 10 nitrogen and oxygen atoms in total. The fourth-order valence-corrected chi connectivity index (χ4v) is 2.39. The number of amides is 1. The lowest BCUT2D eigenvalue weighted by Gasteiger charge is -2.20. The maximum Gasteiger partial charge on any atom is 0.410 e. The lowest BCUT2D eigenvalue weighted by molar-refractivity contribution is -0.144. The summed E-state index contributed by atoms with van der Waals surface area (Å²) in [5, 5.41) is 11.7. The fraction of sp³-hybridized carbons (Fsp3) is 0.389. The number of esters is 1. The van der Waals surface area contributed by atoms with Crippen LogP contribution in [-0.4, -0.2) is 60.5 Å². The van der Waals surface area contributed by atoms with Crippen molar-refractivity contribution in [2.24, 2.45) is 21.0 Å². The molecule has 0 saturated heterocycles. The van der Waals surface area contributed by atoms with Gasteiger partial charge in [0.25, 0.3) is 0 Å². The van der Waals surface area contributed by atoms with Gasteiger partial charge in [-0.15, -0.1) is 5.10 Å². The van der Waals surface area contributed by atoms with Crippen LogP contribution in [0, 0.1) is 11.6 Å². The molecule has 0 saturated carbocycles. The monoisotopic (exact) mass is 424 g/mol. The number of carbonyl (C=O) groups excluding carboxylic acids is 2. The van der Waals surface area contributed by atoms with Crippen molar-refractivity contribution in [2.45, 2.75) is 20.3 Å². The Kier molecular flexibility index (Phi) is 8.20. The Morgan fingerprint density at radius 2 is 1.90 bits per heavy atom. The summed E-state index contributed by atoms with van der Waals surface area (Å²) in [4.78, 5) is 25.0. The van der Waals surface area contributed by atoms with Crippen LogP contribution in [0.2, 0.25) is 0 Å². The highest BCUT2D eigenvalue weighted by Crippen LogP contribution is 2.14. The molecular weight excluding hydrogens is 402 g/mol. The Hall–Kier alpha value is -3.57. The minimum Gasteiger partial charge on any atom is -0.465 e. The predicted octanol–water partition coefficient (Wildman–Crippen LogP) is 1.87. The van der Waals surface area contributed by atoms with E-state index in [-0.39, 0.29) is 50.0 Å². The molecule has 0 aromatic heterocycles. The smallest absolute Gasteiger partial charge is 0.410 e. The number of ether oxygens (including phenoxy) is 2. The number of hydrazone groups is 1. The van der Waals surface area contributed by atoms with Crippen molar-refractivity contribution in [3.8, 4) is 0 Å². The average molecular weight is 424 g/mol. The third kappa shape index (κ3) is 6.22. The molecule has 1 aliphatic heterocycles. The molecule has 0 radical (unpaired) electrons. The van der Waals surface area contributed by atoms with Gasteiger partial charge in [-0.2, -0.15) is 10.2 Å². The maximum atomic E-state index is 13.3. The van der Waals surface area contributed by atoms with Gasteiger partial charge in [-0.25, -0.2) is 13.6 Å². The number of halogens is 2. The Balaban J connectivity index is 2.05. The van der Waals surface area contributed by atoms with Gasteiger partial charge in [0, 0.05) is 19.0 Å². The first-order valence-corrected chi connectivity index (χ1v) is 9.12. The van der Waals surface area contributed by atoms with E-state index in [2.05, 4.69) is 20.7 Å². The van der Waals surface area contributed by atoms with Crippen LogP contribution < -0.4 is 11.2 Å². The van der Waals surface area contributed by atoms with E-state index in [1.165, 1.54) is 11.0 Å². The van der Waals surface area contributed by atoms with Crippen molar-refractivity contribution in [1.82, 2.24) is 4.90 Å². The zero-order valence-electron chi connectivity index (χ0n) is 16.5. The number of anilines is 1. The summed E-state index contributed by atoms with van der Waals surface area (Å²) in [6.45, 7) is 3.38. The summed E-state index contributed by atoms with van der Waals surface area (Å²) in [6.07, 6.45) is -0.530. The third-order valence-corrected chi connectivity index (χ3v) is 3.78. The average Bonchev–Trinajstić information content (AvgIpc) is 3.06. The molecule has 0 atom stereocenters. The highest BCUT2D eigenvalue weighted by molar-refractivity contribution is 6.69.